The van der Waals surface area contributed by atoms with E-state index in [0.717, 1.165) is 29.0 Å². The molecular weight excluding hydrogens is 314 g/mol. The van der Waals surface area contributed by atoms with Crippen molar-refractivity contribution in [1.29, 1.82) is 0 Å². The Morgan fingerprint density at radius 1 is 1.08 bits per heavy atom. The van der Waals surface area contributed by atoms with E-state index in [2.05, 4.69) is 29.6 Å². The van der Waals surface area contributed by atoms with E-state index in [4.69, 9.17) is 9.47 Å². The molecule has 3 unspecified atom stereocenters. The fourth-order valence-corrected chi connectivity index (χ4v) is 4.13. The van der Waals surface area contributed by atoms with Crippen molar-refractivity contribution in [2.24, 2.45) is 5.92 Å². The molecule has 1 aliphatic carbocycles. The number of esters is 1. The molecule has 128 valence electrons. The van der Waals surface area contributed by atoms with Crippen LogP contribution >= 0.6 is 0 Å². The maximum absolute atomic E-state index is 12.2. The second-order valence-corrected chi connectivity index (χ2v) is 6.48. The zero-order chi connectivity index (χ0) is 17.4. The number of para-hydroxylation sites is 2. The number of fused-ring (bicyclic) bond motifs is 3. The number of hydrogen-bond acceptors (Lipinski definition) is 4. The molecule has 4 rings (SSSR count). The molecule has 1 N–H and O–H groups in total. The van der Waals surface area contributed by atoms with Crippen LogP contribution in [0, 0.1) is 5.92 Å². The van der Waals surface area contributed by atoms with Crippen molar-refractivity contribution in [1.82, 2.24) is 0 Å². The smallest absolute Gasteiger partial charge is 0.339 e. The van der Waals surface area contributed by atoms with Crippen molar-refractivity contribution in [2.75, 3.05) is 19.5 Å². The average Bonchev–Trinajstić information content (AvgIpc) is 3.16. The van der Waals surface area contributed by atoms with E-state index in [1.807, 2.05) is 30.3 Å². The first-order valence-electron chi connectivity index (χ1n) is 8.52. The zero-order valence-corrected chi connectivity index (χ0v) is 14.4. The third-order valence-corrected chi connectivity index (χ3v) is 5.28. The van der Waals surface area contributed by atoms with E-state index in [0.29, 0.717) is 11.5 Å². The molecule has 0 fully saturated rings. The highest BCUT2D eigenvalue weighted by atomic mass is 16.5. The maximum Gasteiger partial charge on any atom is 0.339 e. The molecule has 0 radical (unpaired) electrons. The number of anilines is 1. The zero-order valence-electron chi connectivity index (χ0n) is 14.4. The number of allylic oxidation sites excluding steroid dienone is 2. The average molecular weight is 335 g/mol. The van der Waals surface area contributed by atoms with Gasteiger partial charge < -0.3 is 14.8 Å². The van der Waals surface area contributed by atoms with E-state index in [1.54, 1.807) is 7.11 Å². The first kappa shape index (κ1) is 15.8. The Kier molecular flexibility index (Phi) is 3.96. The number of methoxy groups -OCH3 is 2. The number of carbonyl (C=O) groups excluding carboxylic acids is 1. The molecule has 2 aliphatic rings. The lowest BCUT2D eigenvalue weighted by molar-refractivity contribution is 0.0601. The summed E-state index contributed by atoms with van der Waals surface area (Å²) in [7, 11) is 3.11. The molecule has 4 heteroatoms. The first-order chi connectivity index (χ1) is 12.2. The number of benzene rings is 2. The summed E-state index contributed by atoms with van der Waals surface area (Å²) in [5, 5.41) is 3.62. The van der Waals surface area contributed by atoms with Crippen LogP contribution in [0.3, 0.4) is 0 Å². The van der Waals surface area contributed by atoms with E-state index in [9.17, 15) is 4.79 Å². The van der Waals surface area contributed by atoms with E-state index < -0.39 is 0 Å². The lowest BCUT2D eigenvalue weighted by Crippen LogP contribution is -2.30. The summed E-state index contributed by atoms with van der Waals surface area (Å²) < 4.78 is 10.6. The van der Waals surface area contributed by atoms with Crippen LogP contribution in [-0.2, 0) is 4.74 Å². The molecule has 2 aromatic carbocycles. The van der Waals surface area contributed by atoms with Crippen LogP contribution in [0.2, 0.25) is 0 Å². The molecule has 0 saturated carbocycles. The van der Waals surface area contributed by atoms with Gasteiger partial charge in [0, 0.05) is 11.5 Å². The van der Waals surface area contributed by atoms with Gasteiger partial charge in [-0.2, -0.15) is 0 Å². The van der Waals surface area contributed by atoms with Gasteiger partial charge in [0.1, 0.15) is 5.75 Å². The normalized spacial score (nSPS) is 23.4. The number of hydrogen-bond donors (Lipinski definition) is 1. The van der Waals surface area contributed by atoms with Crippen molar-refractivity contribution in [3.8, 4) is 5.75 Å². The molecule has 0 aromatic heterocycles. The number of rotatable bonds is 3. The summed E-state index contributed by atoms with van der Waals surface area (Å²) in [5.74, 6) is 1.24. The summed E-state index contributed by atoms with van der Waals surface area (Å²) >= 11 is 0. The van der Waals surface area contributed by atoms with Gasteiger partial charge in [0.15, 0.2) is 0 Å². The molecule has 0 spiro atoms. The molecule has 3 atom stereocenters. The molecular formula is C21H21NO3. The summed E-state index contributed by atoms with van der Waals surface area (Å²) in [5.41, 5.74) is 3.73. The monoisotopic (exact) mass is 335 g/mol. The van der Waals surface area contributed by atoms with Gasteiger partial charge in [-0.05, 0) is 30.0 Å². The van der Waals surface area contributed by atoms with E-state index in [-0.39, 0.29) is 17.9 Å². The second kappa shape index (κ2) is 6.28. The molecule has 0 amide bonds. The minimum absolute atomic E-state index is 0.0782. The Balaban J connectivity index is 1.85. The summed E-state index contributed by atoms with van der Waals surface area (Å²) in [4.78, 5) is 12.2. The summed E-state index contributed by atoms with van der Waals surface area (Å²) in [6, 6.07) is 14.0. The Bertz CT molecular complexity index is 843. The Morgan fingerprint density at radius 2 is 1.88 bits per heavy atom. The third kappa shape index (κ3) is 2.49. The third-order valence-electron chi connectivity index (χ3n) is 5.28. The van der Waals surface area contributed by atoms with Crippen LogP contribution < -0.4 is 10.1 Å². The van der Waals surface area contributed by atoms with Gasteiger partial charge in [0.2, 0.25) is 0 Å². The Morgan fingerprint density at radius 3 is 2.68 bits per heavy atom. The fraction of sp³-hybridized carbons (Fsp3) is 0.286. The van der Waals surface area contributed by atoms with Gasteiger partial charge >= 0.3 is 5.97 Å². The van der Waals surface area contributed by atoms with Crippen LogP contribution in [0.25, 0.3) is 0 Å². The van der Waals surface area contributed by atoms with Gasteiger partial charge in [0.25, 0.3) is 0 Å². The quantitative estimate of drug-likeness (QED) is 0.671. The minimum Gasteiger partial charge on any atom is -0.496 e. The van der Waals surface area contributed by atoms with Crippen LogP contribution in [-0.4, -0.2) is 20.2 Å². The highest BCUT2D eigenvalue weighted by Gasteiger charge is 2.40. The molecule has 1 aliphatic heterocycles. The van der Waals surface area contributed by atoms with Crippen molar-refractivity contribution in [3.63, 3.8) is 0 Å². The standard InChI is InChI=1S/C21H21NO3/c1-24-18-12-4-3-7-16(18)19-14-9-5-8-13(14)15-10-6-11-17(20(15)22-19)21(23)25-2/h3-8,10-14,19,22H,9H2,1-2H3. The SMILES string of the molecule is COC(=O)c1cccc2c1NC(c1ccccc1OC)C1CC=CC21. The predicted octanol–water partition coefficient (Wildman–Crippen LogP) is 4.31. The van der Waals surface area contributed by atoms with Gasteiger partial charge in [-0.1, -0.05) is 42.5 Å². The van der Waals surface area contributed by atoms with E-state index >= 15 is 0 Å². The van der Waals surface area contributed by atoms with Gasteiger partial charge in [-0.3, -0.25) is 0 Å². The van der Waals surface area contributed by atoms with Crippen molar-refractivity contribution in [2.45, 2.75) is 18.4 Å². The minimum atomic E-state index is -0.316. The van der Waals surface area contributed by atoms with Crippen LogP contribution in [0.5, 0.6) is 5.75 Å². The number of carbonyl (C=O) groups is 1. The highest BCUT2D eigenvalue weighted by Crippen LogP contribution is 2.51. The molecule has 0 saturated heterocycles. The Labute approximate surface area is 147 Å². The largest absolute Gasteiger partial charge is 0.496 e. The molecule has 25 heavy (non-hydrogen) atoms. The van der Waals surface area contributed by atoms with Crippen LogP contribution in [0.1, 0.15) is 39.9 Å². The van der Waals surface area contributed by atoms with Crippen LogP contribution in [0.15, 0.2) is 54.6 Å². The van der Waals surface area contributed by atoms with Gasteiger partial charge in [0.05, 0.1) is 31.5 Å². The Hall–Kier alpha value is -2.75. The first-order valence-corrected chi connectivity index (χ1v) is 8.52. The fourth-order valence-electron chi connectivity index (χ4n) is 4.13. The van der Waals surface area contributed by atoms with Crippen molar-refractivity contribution in [3.05, 3.63) is 71.3 Å². The van der Waals surface area contributed by atoms with Crippen molar-refractivity contribution < 1.29 is 14.3 Å². The molecule has 4 nitrogen and oxygen atoms in total. The molecule has 1 heterocycles. The van der Waals surface area contributed by atoms with Crippen molar-refractivity contribution >= 4 is 11.7 Å². The highest BCUT2D eigenvalue weighted by molar-refractivity contribution is 5.97. The summed E-state index contributed by atoms with van der Waals surface area (Å²) in [6.45, 7) is 0. The van der Waals surface area contributed by atoms with E-state index in [1.165, 1.54) is 7.11 Å². The lowest BCUT2D eigenvalue weighted by Gasteiger charge is -2.38. The molecule has 2 aromatic rings. The lowest BCUT2D eigenvalue weighted by atomic mass is 9.76. The van der Waals surface area contributed by atoms with Gasteiger partial charge in [-0.15, -0.1) is 0 Å². The molecule has 0 bridgehead atoms. The predicted molar refractivity (Wildman–Crippen MR) is 97.1 cm³/mol. The number of nitrogens with one attached hydrogen (secondary N) is 1. The van der Waals surface area contributed by atoms with Gasteiger partial charge in [-0.25, -0.2) is 4.79 Å². The second-order valence-electron chi connectivity index (χ2n) is 6.48. The number of ether oxygens (including phenoxy) is 2. The van der Waals surface area contributed by atoms with Crippen LogP contribution in [0.4, 0.5) is 5.69 Å². The maximum atomic E-state index is 12.2. The summed E-state index contributed by atoms with van der Waals surface area (Å²) in [6.07, 6.45) is 5.50. The topological polar surface area (TPSA) is 47.6 Å².